The molecule has 0 N–H and O–H groups in total. The Labute approximate surface area is 105 Å². The Morgan fingerprint density at radius 3 is 2.47 bits per heavy atom. The molecule has 0 aromatic rings. The number of ether oxygens (including phenoxy) is 1. The van der Waals surface area contributed by atoms with Gasteiger partial charge in [-0.2, -0.15) is 0 Å². The van der Waals surface area contributed by atoms with Crippen molar-refractivity contribution in [2.45, 2.75) is 52.2 Å². The van der Waals surface area contributed by atoms with E-state index in [9.17, 15) is 4.79 Å². The summed E-state index contributed by atoms with van der Waals surface area (Å²) in [5.74, 6) is 5.19. The Kier molecular flexibility index (Phi) is 4.59. The molecule has 96 valence electrons. The van der Waals surface area contributed by atoms with Gasteiger partial charge in [0.15, 0.2) is 0 Å². The third-order valence-electron chi connectivity index (χ3n) is 4.36. The van der Waals surface area contributed by atoms with Crippen molar-refractivity contribution in [3.8, 4) is 11.8 Å². The highest BCUT2D eigenvalue weighted by Gasteiger charge is 2.55. The maximum Gasteiger partial charge on any atom is 0.298 e. The molecule has 3 nitrogen and oxygen atoms in total. The molecule has 1 fully saturated rings. The average molecular weight is 237 g/mol. The number of carbonyl (C=O) groups is 1. The molecule has 3 heteroatoms. The van der Waals surface area contributed by atoms with Crippen LogP contribution < -0.4 is 0 Å². The molecule has 1 aliphatic carbocycles. The van der Waals surface area contributed by atoms with Crippen molar-refractivity contribution in [3.63, 3.8) is 0 Å². The summed E-state index contributed by atoms with van der Waals surface area (Å²) in [4.78, 5) is 13.6. The maximum absolute atomic E-state index is 11.8. The van der Waals surface area contributed by atoms with E-state index in [-0.39, 0.29) is 23.5 Å². The lowest BCUT2D eigenvalue weighted by Crippen LogP contribution is -2.64. The Morgan fingerprint density at radius 1 is 1.47 bits per heavy atom. The average Bonchev–Trinajstić information content (AvgIpc) is 2.30. The molecule has 0 saturated heterocycles. The van der Waals surface area contributed by atoms with Gasteiger partial charge in [0.05, 0.1) is 6.10 Å². The van der Waals surface area contributed by atoms with E-state index in [2.05, 4.69) is 25.7 Å². The van der Waals surface area contributed by atoms with Crippen LogP contribution in [0.2, 0.25) is 0 Å². The van der Waals surface area contributed by atoms with Gasteiger partial charge in [-0.05, 0) is 32.1 Å². The SMILES string of the molecule is CC#CC(=O)N(C)C1CC(OC)C1(CC)CC. The number of amides is 1. The predicted octanol–water partition coefficient (Wildman–Crippen LogP) is 2.06. The van der Waals surface area contributed by atoms with E-state index in [0.717, 1.165) is 19.3 Å². The minimum Gasteiger partial charge on any atom is -0.381 e. The lowest BCUT2D eigenvalue weighted by Gasteiger charge is -2.57. The van der Waals surface area contributed by atoms with E-state index >= 15 is 0 Å². The Bertz CT molecular complexity index is 336. The highest BCUT2D eigenvalue weighted by molar-refractivity contribution is 5.93. The van der Waals surface area contributed by atoms with Gasteiger partial charge in [-0.1, -0.05) is 19.8 Å². The van der Waals surface area contributed by atoms with Gasteiger partial charge in [-0.25, -0.2) is 0 Å². The van der Waals surface area contributed by atoms with Crippen molar-refractivity contribution < 1.29 is 9.53 Å². The van der Waals surface area contributed by atoms with Crippen LogP contribution in [0.15, 0.2) is 0 Å². The van der Waals surface area contributed by atoms with Crippen molar-refractivity contribution in [2.24, 2.45) is 5.41 Å². The van der Waals surface area contributed by atoms with Crippen LogP contribution in [-0.2, 0) is 9.53 Å². The van der Waals surface area contributed by atoms with Crippen LogP contribution in [-0.4, -0.2) is 37.1 Å². The number of hydrogen-bond donors (Lipinski definition) is 0. The van der Waals surface area contributed by atoms with Gasteiger partial charge in [0.2, 0.25) is 0 Å². The lowest BCUT2D eigenvalue weighted by molar-refractivity contribution is -0.166. The van der Waals surface area contributed by atoms with Crippen molar-refractivity contribution in [1.29, 1.82) is 0 Å². The molecule has 1 saturated carbocycles. The number of nitrogens with zero attached hydrogens (tertiary/aromatic N) is 1. The number of carbonyl (C=O) groups excluding carboxylic acids is 1. The first-order valence-corrected chi connectivity index (χ1v) is 6.29. The molecule has 2 atom stereocenters. The van der Waals surface area contributed by atoms with E-state index in [1.165, 1.54) is 0 Å². The van der Waals surface area contributed by atoms with Crippen LogP contribution >= 0.6 is 0 Å². The molecule has 0 heterocycles. The quantitative estimate of drug-likeness (QED) is 0.700. The molecule has 0 bridgehead atoms. The second-order valence-corrected chi connectivity index (χ2v) is 4.71. The summed E-state index contributed by atoms with van der Waals surface area (Å²) in [6.07, 6.45) is 3.26. The first-order valence-electron chi connectivity index (χ1n) is 6.29. The highest BCUT2D eigenvalue weighted by atomic mass is 16.5. The zero-order valence-electron chi connectivity index (χ0n) is 11.5. The second kappa shape index (κ2) is 5.55. The predicted molar refractivity (Wildman–Crippen MR) is 68.4 cm³/mol. The van der Waals surface area contributed by atoms with Crippen LogP contribution in [0.1, 0.15) is 40.0 Å². The monoisotopic (exact) mass is 237 g/mol. The van der Waals surface area contributed by atoms with Crippen LogP contribution in [0, 0.1) is 17.3 Å². The summed E-state index contributed by atoms with van der Waals surface area (Å²) in [6.45, 7) is 6.04. The van der Waals surface area contributed by atoms with Crippen LogP contribution in [0.25, 0.3) is 0 Å². The second-order valence-electron chi connectivity index (χ2n) is 4.71. The van der Waals surface area contributed by atoms with Gasteiger partial charge in [-0.15, -0.1) is 0 Å². The highest BCUT2D eigenvalue weighted by Crippen LogP contribution is 2.50. The normalized spacial score (nSPS) is 25.5. The van der Waals surface area contributed by atoms with E-state index in [0.29, 0.717) is 0 Å². The Balaban J connectivity index is 2.84. The van der Waals surface area contributed by atoms with Gasteiger partial charge in [0.1, 0.15) is 0 Å². The topological polar surface area (TPSA) is 29.5 Å². The van der Waals surface area contributed by atoms with Crippen molar-refractivity contribution in [3.05, 3.63) is 0 Å². The number of methoxy groups -OCH3 is 1. The molecule has 0 aromatic carbocycles. The van der Waals surface area contributed by atoms with Crippen molar-refractivity contribution >= 4 is 5.91 Å². The zero-order chi connectivity index (χ0) is 13.1. The smallest absolute Gasteiger partial charge is 0.298 e. The number of rotatable bonds is 4. The van der Waals surface area contributed by atoms with Crippen LogP contribution in [0.3, 0.4) is 0 Å². The minimum atomic E-state index is -0.0849. The fourth-order valence-electron chi connectivity index (χ4n) is 3.11. The standard InChI is InChI=1S/C14H23NO2/c1-6-9-13(16)15(4)11-10-12(17-5)14(11,7-2)8-3/h11-12H,7-8,10H2,1-5H3. The van der Waals surface area contributed by atoms with Gasteiger partial charge in [-0.3, -0.25) is 4.79 Å². The third-order valence-corrected chi connectivity index (χ3v) is 4.36. The minimum absolute atomic E-state index is 0.0849. The Hall–Kier alpha value is -1.01. The van der Waals surface area contributed by atoms with Crippen LogP contribution in [0.5, 0.6) is 0 Å². The van der Waals surface area contributed by atoms with E-state index < -0.39 is 0 Å². The summed E-state index contributed by atoms with van der Waals surface area (Å²) >= 11 is 0. The molecule has 0 aliphatic heterocycles. The zero-order valence-corrected chi connectivity index (χ0v) is 11.5. The van der Waals surface area contributed by atoms with E-state index in [1.54, 1.807) is 18.9 Å². The van der Waals surface area contributed by atoms with Crippen molar-refractivity contribution in [2.75, 3.05) is 14.2 Å². The van der Waals surface area contributed by atoms with Gasteiger partial charge >= 0.3 is 0 Å². The summed E-state index contributed by atoms with van der Waals surface area (Å²) in [5, 5.41) is 0. The van der Waals surface area contributed by atoms with Gasteiger partial charge in [0.25, 0.3) is 5.91 Å². The van der Waals surface area contributed by atoms with Crippen molar-refractivity contribution in [1.82, 2.24) is 4.90 Å². The lowest BCUT2D eigenvalue weighted by atomic mass is 9.58. The largest absolute Gasteiger partial charge is 0.381 e. The Morgan fingerprint density at radius 2 is 2.06 bits per heavy atom. The fraction of sp³-hybridized carbons (Fsp3) is 0.786. The molecule has 0 spiro atoms. The molecule has 1 aliphatic rings. The molecular weight excluding hydrogens is 214 g/mol. The first kappa shape index (κ1) is 14.1. The summed E-state index contributed by atoms with van der Waals surface area (Å²) in [5.41, 5.74) is 0.106. The molecular formula is C14H23NO2. The van der Waals surface area contributed by atoms with Crippen LogP contribution in [0.4, 0.5) is 0 Å². The van der Waals surface area contributed by atoms with E-state index in [4.69, 9.17) is 4.74 Å². The summed E-state index contributed by atoms with van der Waals surface area (Å²) < 4.78 is 5.53. The first-order chi connectivity index (χ1) is 8.07. The maximum atomic E-state index is 11.8. The summed E-state index contributed by atoms with van der Waals surface area (Å²) in [6, 6.07) is 0.260. The van der Waals surface area contributed by atoms with Gasteiger partial charge < -0.3 is 9.64 Å². The number of hydrogen-bond acceptors (Lipinski definition) is 2. The molecule has 1 amide bonds. The molecule has 2 unspecified atom stereocenters. The molecule has 0 aromatic heterocycles. The molecule has 17 heavy (non-hydrogen) atoms. The summed E-state index contributed by atoms with van der Waals surface area (Å²) in [7, 11) is 3.61. The van der Waals surface area contributed by atoms with Gasteiger partial charge in [0, 0.05) is 25.6 Å². The molecule has 0 radical (unpaired) electrons. The van der Waals surface area contributed by atoms with E-state index in [1.807, 2.05) is 7.05 Å². The molecule has 1 rings (SSSR count). The fourth-order valence-corrected chi connectivity index (χ4v) is 3.11. The third kappa shape index (κ3) is 2.19.